The number of fused-ring (bicyclic) bond motifs is 2. The van der Waals surface area contributed by atoms with Crippen molar-refractivity contribution in [1.29, 1.82) is 0 Å². The largest absolute Gasteiger partial charge is 0.490 e. The molecule has 25 heavy (non-hydrogen) atoms. The summed E-state index contributed by atoms with van der Waals surface area (Å²) in [4.78, 5) is 4.78. The normalized spacial score (nSPS) is 13.8. The minimum absolute atomic E-state index is 0.660. The minimum atomic E-state index is 0.660. The highest BCUT2D eigenvalue weighted by Gasteiger charge is 2.17. The predicted molar refractivity (Wildman–Crippen MR) is 92.9 cm³/mol. The van der Waals surface area contributed by atoms with E-state index >= 15 is 0 Å². The molecule has 7 nitrogen and oxygen atoms in total. The smallest absolute Gasteiger partial charge is 0.235 e. The third-order valence-corrected chi connectivity index (χ3v) is 4.87. The molecule has 0 spiro atoms. The van der Waals surface area contributed by atoms with E-state index in [1.807, 2.05) is 30.3 Å². The number of hydrogen-bond donors (Lipinski definition) is 0. The van der Waals surface area contributed by atoms with Gasteiger partial charge >= 0.3 is 0 Å². The van der Waals surface area contributed by atoms with Crippen LogP contribution in [0.15, 0.2) is 42.7 Å². The Bertz CT molecular complexity index is 1040. The lowest BCUT2D eigenvalue weighted by molar-refractivity contribution is 0.297. The van der Waals surface area contributed by atoms with Gasteiger partial charge in [-0.25, -0.2) is 0 Å². The fourth-order valence-corrected chi connectivity index (χ4v) is 3.55. The molecule has 8 heteroatoms. The third-order valence-electron chi connectivity index (χ3n) is 3.92. The van der Waals surface area contributed by atoms with Gasteiger partial charge in [0.15, 0.2) is 17.3 Å². The van der Waals surface area contributed by atoms with Gasteiger partial charge in [-0.2, -0.15) is 9.61 Å². The molecule has 4 heterocycles. The summed E-state index contributed by atoms with van der Waals surface area (Å²) in [5.41, 5.74) is 1.90. The highest BCUT2D eigenvalue weighted by molar-refractivity contribution is 7.19. The summed E-state index contributed by atoms with van der Waals surface area (Å²) in [6, 6.07) is 9.68. The van der Waals surface area contributed by atoms with E-state index in [-0.39, 0.29) is 0 Å². The number of rotatable bonds is 2. The van der Waals surface area contributed by atoms with Crippen LogP contribution in [0.5, 0.6) is 11.5 Å². The average molecular weight is 351 g/mol. The maximum absolute atomic E-state index is 5.77. The monoisotopic (exact) mass is 351 g/mol. The zero-order chi connectivity index (χ0) is 16.6. The number of aromatic nitrogens is 5. The van der Waals surface area contributed by atoms with Crippen LogP contribution in [0.1, 0.15) is 6.42 Å². The zero-order valence-electron chi connectivity index (χ0n) is 13.1. The van der Waals surface area contributed by atoms with Crippen molar-refractivity contribution in [2.75, 3.05) is 13.2 Å². The maximum atomic E-state index is 5.77. The van der Waals surface area contributed by atoms with Crippen LogP contribution in [0.25, 0.3) is 26.9 Å². The number of pyridine rings is 1. The van der Waals surface area contributed by atoms with Gasteiger partial charge in [-0.1, -0.05) is 11.3 Å². The summed E-state index contributed by atoms with van der Waals surface area (Å²) in [5, 5.41) is 14.0. The molecular weight excluding hydrogens is 338 g/mol. The second-order valence-electron chi connectivity index (χ2n) is 5.57. The number of nitrogens with zero attached hydrogens (tertiary/aromatic N) is 5. The molecule has 0 bridgehead atoms. The zero-order valence-corrected chi connectivity index (χ0v) is 13.9. The van der Waals surface area contributed by atoms with Gasteiger partial charge in [0, 0.05) is 29.9 Å². The molecule has 0 amide bonds. The van der Waals surface area contributed by atoms with Gasteiger partial charge in [-0.15, -0.1) is 10.2 Å². The highest BCUT2D eigenvalue weighted by Crippen LogP contribution is 2.36. The van der Waals surface area contributed by atoms with Crippen LogP contribution in [-0.2, 0) is 0 Å². The fourth-order valence-electron chi connectivity index (χ4n) is 2.71. The molecule has 1 aromatic carbocycles. The molecule has 0 saturated heterocycles. The van der Waals surface area contributed by atoms with Crippen LogP contribution in [0, 0.1) is 0 Å². The molecule has 1 aliphatic rings. The van der Waals surface area contributed by atoms with E-state index < -0.39 is 0 Å². The van der Waals surface area contributed by atoms with E-state index in [0.717, 1.165) is 39.0 Å². The lowest BCUT2D eigenvalue weighted by Crippen LogP contribution is -1.97. The summed E-state index contributed by atoms with van der Waals surface area (Å²) in [6.07, 6.45) is 4.34. The Labute approximate surface area is 146 Å². The van der Waals surface area contributed by atoms with E-state index in [1.165, 1.54) is 11.3 Å². The summed E-state index contributed by atoms with van der Waals surface area (Å²) in [6.45, 7) is 1.34. The summed E-state index contributed by atoms with van der Waals surface area (Å²) in [7, 11) is 0. The van der Waals surface area contributed by atoms with Gasteiger partial charge in [-0.3, -0.25) is 4.98 Å². The first-order chi connectivity index (χ1) is 12.4. The van der Waals surface area contributed by atoms with Crippen molar-refractivity contribution in [2.24, 2.45) is 0 Å². The van der Waals surface area contributed by atoms with Gasteiger partial charge in [0.2, 0.25) is 4.96 Å². The van der Waals surface area contributed by atoms with Gasteiger partial charge in [0.25, 0.3) is 0 Å². The number of hydrogen-bond acceptors (Lipinski definition) is 7. The van der Waals surface area contributed by atoms with Crippen LogP contribution < -0.4 is 9.47 Å². The lowest BCUT2D eigenvalue weighted by Gasteiger charge is -2.07. The second kappa shape index (κ2) is 5.82. The topological polar surface area (TPSA) is 74.4 Å². The molecule has 0 aliphatic carbocycles. The SMILES string of the molecule is c1cc(-c2nnc3sc(-c4ccc5c(c4)OCCCO5)nn23)ccn1. The first-order valence-corrected chi connectivity index (χ1v) is 8.73. The van der Waals surface area contributed by atoms with Gasteiger partial charge in [0.1, 0.15) is 5.01 Å². The third kappa shape index (κ3) is 2.51. The van der Waals surface area contributed by atoms with Crippen molar-refractivity contribution in [3.63, 3.8) is 0 Å². The Balaban J connectivity index is 1.58. The van der Waals surface area contributed by atoms with Crippen molar-refractivity contribution in [2.45, 2.75) is 6.42 Å². The molecule has 0 fully saturated rings. The Morgan fingerprint density at radius 1 is 0.920 bits per heavy atom. The molecule has 0 radical (unpaired) electrons. The molecule has 124 valence electrons. The number of benzene rings is 1. The highest BCUT2D eigenvalue weighted by atomic mass is 32.1. The Morgan fingerprint density at radius 2 is 1.76 bits per heavy atom. The average Bonchev–Trinajstić information content (AvgIpc) is 3.15. The van der Waals surface area contributed by atoms with Crippen LogP contribution in [-0.4, -0.2) is 38.0 Å². The fraction of sp³-hybridized carbons (Fsp3) is 0.176. The van der Waals surface area contributed by atoms with Gasteiger partial charge < -0.3 is 9.47 Å². The summed E-state index contributed by atoms with van der Waals surface area (Å²) < 4.78 is 13.2. The van der Waals surface area contributed by atoms with Gasteiger partial charge in [0.05, 0.1) is 13.2 Å². The number of ether oxygens (including phenoxy) is 2. The Kier molecular flexibility index (Phi) is 3.34. The van der Waals surface area contributed by atoms with Crippen LogP contribution in [0.4, 0.5) is 0 Å². The van der Waals surface area contributed by atoms with Crippen molar-refractivity contribution in [1.82, 2.24) is 24.8 Å². The quantitative estimate of drug-likeness (QED) is 0.552. The molecular formula is C17H13N5O2S. The molecule has 0 unspecified atom stereocenters. The maximum Gasteiger partial charge on any atom is 0.235 e. The van der Waals surface area contributed by atoms with Crippen LogP contribution >= 0.6 is 11.3 Å². The van der Waals surface area contributed by atoms with Crippen molar-refractivity contribution < 1.29 is 9.47 Å². The summed E-state index contributed by atoms with van der Waals surface area (Å²) in [5.74, 6) is 2.24. The van der Waals surface area contributed by atoms with E-state index in [4.69, 9.17) is 9.47 Å². The first-order valence-electron chi connectivity index (χ1n) is 7.91. The van der Waals surface area contributed by atoms with Crippen molar-refractivity contribution >= 4 is 16.3 Å². The van der Waals surface area contributed by atoms with E-state index in [2.05, 4.69) is 20.3 Å². The lowest BCUT2D eigenvalue weighted by atomic mass is 10.2. The van der Waals surface area contributed by atoms with Crippen LogP contribution in [0.2, 0.25) is 0 Å². The van der Waals surface area contributed by atoms with Crippen LogP contribution in [0.3, 0.4) is 0 Å². The van der Waals surface area contributed by atoms with Crippen molar-refractivity contribution in [3.05, 3.63) is 42.7 Å². The molecule has 0 saturated carbocycles. The van der Waals surface area contributed by atoms with E-state index in [1.54, 1.807) is 16.9 Å². The summed E-state index contributed by atoms with van der Waals surface area (Å²) >= 11 is 1.49. The molecule has 0 atom stereocenters. The minimum Gasteiger partial charge on any atom is -0.490 e. The molecule has 5 rings (SSSR count). The second-order valence-corrected chi connectivity index (χ2v) is 6.53. The molecule has 4 aromatic rings. The predicted octanol–water partition coefficient (Wildman–Crippen LogP) is 3.08. The van der Waals surface area contributed by atoms with E-state index in [0.29, 0.717) is 19.0 Å². The Morgan fingerprint density at radius 3 is 2.64 bits per heavy atom. The van der Waals surface area contributed by atoms with Crippen molar-refractivity contribution in [3.8, 4) is 33.5 Å². The first kappa shape index (κ1) is 14.4. The van der Waals surface area contributed by atoms with Gasteiger partial charge in [-0.05, 0) is 30.3 Å². The Hall–Kier alpha value is -3.00. The molecule has 1 aliphatic heterocycles. The molecule has 3 aromatic heterocycles. The molecule has 0 N–H and O–H groups in total. The standard InChI is InChI=1S/C17H13N5O2S/c1-8-23-13-3-2-12(10-14(13)24-9-1)16-21-22-15(19-20-17(22)25-16)11-4-6-18-7-5-11/h2-7,10H,1,8-9H2. The van der Waals surface area contributed by atoms with E-state index in [9.17, 15) is 0 Å².